The predicted molar refractivity (Wildman–Crippen MR) is 58.3 cm³/mol. The Labute approximate surface area is 94.4 Å². The fourth-order valence-corrected chi connectivity index (χ4v) is 2.44. The summed E-state index contributed by atoms with van der Waals surface area (Å²) < 4.78 is 7.34. The topological polar surface area (TPSA) is 27.1 Å². The molecular formula is C11H15ClN2O. The molecule has 2 aliphatic rings. The van der Waals surface area contributed by atoms with Crippen LogP contribution in [0.1, 0.15) is 43.3 Å². The largest absolute Gasteiger partial charge is 0.381 e. The number of halogens is 1. The molecule has 2 heterocycles. The van der Waals surface area contributed by atoms with E-state index in [1.165, 1.54) is 18.5 Å². The highest BCUT2D eigenvalue weighted by Crippen LogP contribution is 2.40. The van der Waals surface area contributed by atoms with Crippen molar-refractivity contribution in [3.8, 4) is 0 Å². The first-order valence-electron chi connectivity index (χ1n) is 5.67. The standard InChI is InChI=1S/C11H15ClN2O/c12-11-7-10(8-1-2-8)13-14(11)9-3-5-15-6-4-9/h7-9H,1-6H2. The Kier molecular flexibility index (Phi) is 2.45. The van der Waals surface area contributed by atoms with Crippen LogP contribution in [0.15, 0.2) is 6.07 Å². The fourth-order valence-electron chi connectivity index (χ4n) is 2.15. The van der Waals surface area contributed by atoms with Gasteiger partial charge in [0.15, 0.2) is 0 Å². The maximum Gasteiger partial charge on any atom is 0.127 e. The molecule has 1 saturated heterocycles. The summed E-state index contributed by atoms with van der Waals surface area (Å²) in [5.41, 5.74) is 1.19. The van der Waals surface area contributed by atoms with Gasteiger partial charge in [0.05, 0.1) is 11.7 Å². The zero-order valence-corrected chi connectivity index (χ0v) is 9.41. The van der Waals surface area contributed by atoms with Crippen LogP contribution in [-0.4, -0.2) is 23.0 Å². The summed E-state index contributed by atoms with van der Waals surface area (Å²) in [7, 11) is 0. The van der Waals surface area contributed by atoms with Crippen LogP contribution in [0.4, 0.5) is 0 Å². The zero-order valence-electron chi connectivity index (χ0n) is 8.66. The molecule has 1 aliphatic heterocycles. The Hall–Kier alpha value is -0.540. The van der Waals surface area contributed by atoms with E-state index in [9.17, 15) is 0 Å². The molecule has 0 N–H and O–H groups in total. The van der Waals surface area contributed by atoms with E-state index in [1.54, 1.807) is 0 Å². The van der Waals surface area contributed by atoms with Gasteiger partial charge in [-0.05, 0) is 31.7 Å². The van der Waals surface area contributed by atoms with Crippen LogP contribution in [0.3, 0.4) is 0 Å². The van der Waals surface area contributed by atoms with Crippen molar-refractivity contribution in [2.75, 3.05) is 13.2 Å². The predicted octanol–water partition coefficient (Wildman–Crippen LogP) is 2.77. The van der Waals surface area contributed by atoms with Gasteiger partial charge in [-0.25, -0.2) is 0 Å². The number of aromatic nitrogens is 2. The van der Waals surface area contributed by atoms with E-state index in [4.69, 9.17) is 16.3 Å². The number of hydrogen-bond acceptors (Lipinski definition) is 2. The highest BCUT2D eigenvalue weighted by molar-refractivity contribution is 6.29. The molecule has 2 fully saturated rings. The first-order chi connectivity index (χ1) is 7.34. The van der Waals surface area contributed by atoms with Crippen LogP contribution in [0.25, 0.3) is 0 Å². The number of nitrogens with zero attached hydrogens (tertiary/aromatic N) is 2. The summed E-state index contributed by atoms with van der Waals surface area (Å²) in [6.07, 6.45) is 4.62. The van der Waals surface area contributed by atoms with Crippen molar-refractivity contribution < 1.29 is 4.74 Å². The van der Waals surface area contributed by atoms with Gasteiger partial charge < -0.3 is 4.74 Å². The Morgan fingerprint density at radius 1 is 1.27 bits per heavy atom. The van der Waals surface area contributed by atoms with Gasteiger partial charge in [-0.3, -0.25) is 4.68 Å². The molecule has 3 nitrogen and oxygen atoms in total. The number of ether oxygens (including phenoxy) is 1. The van der Waals surface area contributed by atoms with Crippen molar-refractivity contribution in [3.63, 3.8) is 0 Å². The van der Waals surface area contributed by atoms with Gasteiger partial charge in [-0.15, -0.1) is 0 Å². The molecule has 0 atom stereocenters. The molecule has 1 aromatic rings. The molecule has 1 aromatic heterocycles. The molecular weight excluding hydrogens is 212 g/mol. The average molecular weight is 227 g/mol. The Morgan fingerprint density at radius 2 is 2.00 bits per heavy atom. The van der Waals surface area contributed by atoms with Gasteiger partial charge in [-0.2, -0.15) is 5.10 Å². The molecule has 0 spiro atoms. The van der Waals surface area contributed by atoms with Gasteiger partial charge in [0, 0.05) is 19.1 Å². The highest BCUT2D eigenvalue weighted by Gasteiger charge is 2.28. The molecule has 1 saturated carbocycles. The SMILES string of the molecule is Clc1cc(C2CC2)nn1C1CCOCC1. The second-order valence-electron chi connectivity index (χ2n) is 4.45. The summed E-state index contributed by atoms with van der Waals surface area (Å²) >= 11 is 6.21. The van der Waals surface area contributed by atoms with Crippen LogP contribution in [0, 0.1) is 0 Å². The maximum absolute atomic E-state index is 6.21. The normalized spacial score (nSPS) is 23.3. The molecule has 0 bridgehead atoms. The van der Waals surface area contributed by atoms with Gasteiger partial charge >= 0.3 is 0 Å². The summed E-state index contributed by atoms with van der Waals surface area (Å²) in [5.74, 6) is 0.684. The van der Waals surface area contributed by atoms with Crippen LogP contribution in [-0.2, 0) is 4.74 Å². The Bertz CT molecular complexity index is 353. The van der Waals surface area contributed by atoms with E-state index in [0.29, 0.717) is 12.0 Å². The van der Waals surface area contributed by atoms with Crippen LogP contribution in [0.2, 0.25) is 5.15 Å². The number of hydrogen-bond donors (Lipinski definition) is 0. The van der Waals surface area contributed by atoms with Gasteiger partial charge in [-0.1, -0.05) is 11.6 Å². The second-order valence-corrected chi connectivity index (χ2v) is 4.84. The molecule has 0 radical (unpaired) electrons. The molecule has 82 valence electrons. The minimum atomic E-state index is 0.443. The van der Waals surface area contributed by atoms with Gasteiger partial charge in [0.2, 0.25) is 0 Å². The summed E-state index contributed by atoms with van der Waals surface area (Å²) in [6, 6.07) is 2.48. The van der Waals surface area contributed by atoms with E-state index in [2.05, 4.69) is 5.10 Å². The van der Waals surface area contributed by atoms with Gasteiger partial charge in [0.25, 0.3) is 0 Å². The zero-order chi connectivity index (χ0) is 10.3. The van der Waals surface area contributed by atoms with E-state index < -0.39 is 0 Å². The smallest absolute Gasteiger partial charge is 0.127 e. The Morgan fingerprint density at radius 3 is 2.67 bits per heavy atom. The lowest BCUT2D eigenvalue weighted by molar-refractivity contribution is 0.0662. The lowest BCUT2D eigenvalue weighted by Gasteiger charge is -2.22. The summed E-state index contributed by atoms with van der Waals surface area (Å²) in [5, 5.41) is 5.42. The van der Waals surface area contributed by atoms with Crippen molar-refractivity contribution in [1.29, 1.82) is 0 Å². The van der Waals surface area contributed by atoms with Crippen molar-refractivity contribution in [2.24, 2.45) is 0 Å². The minimum absolute atomic E-state index is 0.443. The lowest BCUT2D eigenvalue weighted by atomic mass is 10.1. The Balaban J connectivity index is 1.82. The molecule has 0 unspecified atom stereocenters. The van der Waals surface area contributed by atoms with Crippen molar-refractivity contribution in [1.82, 2.24) is 9.78 Å². The van der Waals surface area contributed by atoms with Crippen molar-refractivity contribution >= 4 is 11.6 Å². The number of rotatable bonds is 2. The monoisotopic (exact) mass is 226 g/mol. The van der Waals surface area contributed by atoms with Crippen LogP contribution < -0.4 is 0 Å². The first-order valence-corrected chi connectivity index (χ1v) is 6.05. The summed E-state index contributed by atoms with van der Waals surface area (Å²) in [4.78, 5) is 0. The third-order valence-electron chi connectivity index (χ3n) is 3.24. The first kappa shape index (κ1) is 9.67. The van der Waals surface area contributed by atoms with Crippen molar-refractivity contribution in [2.45, 2.75) is 37.6 Å². The molecule has 1 aliphatic carbocycles. The second kappa shape index (κ2) is 3.80. The molecule has 15 heavy (non-hydrogen) atoms. The molecule has 3 rings (SSSR count). The quantitative estimate of drug-likeness (QED) is 0.776. The summed E-state index contributed by atoms with van der Waals surface area (Å²) in [6.45, 7) is 1.67. The molecule has 4 heteroatoms. The highest BCUT2D eigenvalue weighted by atomic mass is 35.5. The fraction of sp³-hybridized carbons (Fsp3) is 0.727. The van der Waals surface area contributed by atoms with Crippen molar-refractivity contribution in [3.05, 3.63) is 16.9 Å². The lowest BCUT2D eigenvalue weighted by Crippen LogP contribution is -2.20. The third kappa shape index (κ3) is 1.91. The molecule has 0 amide bonds. The van der Waals surface area contributed by atoms with Crippen LogP contribution >= 0.6 is 11.6 Å². The van der Waals surface area contributed by atoms with Gasteiger partial charge in [0.1, 0.15) is 5.15 Å². The van der Waals surface area contributed by atoms with Crippen LogP contribution in [0.5, 0.6) is 0 Å². The van der Waals surface area contributed by atoms with E-state index >= 15 is 0 Å². The van der Waals surface area contributed by atoms with E-state index in [-0.39, 0.29) is 0 Å². The maximum atomic E-state index is 6.21. The van der Waals surface area contributed by atoms with E-state index in [0.717, 1.165) is 31.2 Å². The minimum Gasteiger partial charge on any atom is -0.381 e. The molecule has 0 aromatic carbocycles. The third-order valence-corrected chi connectivity index (χ3v) is 3.52. The van der Waals surface area contributed by atoms with E-state index in [1.807, 2.05) is 10.7 Å². The average Bonchev–Trinajstić information content (AvgIpc) is 3.04.